The fourth-order valence-corrected chi connectivity index (χ4v) is 2.71. The van der Waals surface area contributed by atoms with Gasteiger partial charge in [-0.25, -0.2) is 0 Å². The fraction of sp³-hybridized carbons (Fsp3) is 0.200. The van der Waals surface area contributed by atoms with Gasteiger partial charge in [-0.3, -0.25) is 9.59 Å². The maximum absolute atomic E-state index is 12.7. The summed E-state index contributed by atoms with van der Waals surface area (Å²) in [5.41, 5.74) is -1.14. The van der Waals surface area contributed by atoms with E-state index in [4.69, 9.17) is 0 Å². The molecule has 0 spiro atoms. The zero-order valence-corrected chi connectivity index (χ0v) is 12.4. The van der Waals surface area contributed by atoms with Crippen LogP contribution in [0.4, 0.5) is 26.3 Å². The molecule has 0 aliphatic rings. The summed E-state index contributed by atoms with van der Waals surface area (Å²) in [6.45, 7) is 1.28. The van der Waals surface area contributed by atoms with Gasteiger partial charge < -0.3 is 8.80 Å². The van der Waals surface area contributed by atoms with Crippen molar-refractivity contribution in [3.63, 3.8) is 0 Å². The smallest absolute Gasteiger partial charge is 0.310 e. The van der Waals surface area contributed by atoms with Gasteiger partial charge in [-0.15, -0.1) is 0 Å². The summed E-state index contributed by atoms with van der Waals surface area (Å²) in [5, 5.41) is 0. The van der Waals surface area contributed by atoms with Crippen molar-refractivity contribution in [1.29, 1.82) is 0 Å². The summed E-state index contributed by atoms with van der Waals surface area (Å²) in [5.74, 6) is -4.14. The number of nitrogens with zero attached hydrogens (tertiary/aromatic N) is 2. The SMILES string of the molecule is Cc1cc2c3ccc(C(=O)C(F)(F)F)n3ccn2c1C(=O)C(F)(F)F. The zero-order chi connectivity index (χ0) is 18.7. The number of halogens is 6. The maximum Gasteiger partial charge on any atom is 0.456 e. The molecule has 25 heavy (non-hydrogen) atoms. The Morgan fingerprint density at radius 2 is 1.40 bits per heavy atom. The number of hydrogen-bond donors (Lipinski definition) is 0. The number of Topliss-reactive ketones (excluding diaryl/α,β-unsaturated/α-hetero) is 2. The molecule has 132 valence electrons. The predicted molar refractivity (Wildman–Crippen MR) is 73.9 cm³/mol. The summed E-state index contributed by atoms with van der Waals surface area (Å²) in [4.78, 5) is 23.0. The van der Waals surface area contributed by atoms with E-state index in [-0.39, 0.29) is 16.6 Å². The van der Waals surface area contributed by atoms with Crippen molar-refractivity contribution in [2.24, 2.45) is 0 Å². The molecule has 10 heteroatoms. The van der Waals surface area contributed by atoms with Crippen LogP contribution in [-0.4, -0.2) is 32.7 Å². The first-order chi connectivity index (χ1) is 11.4. The molecule has 0 N–H and O–H groups in total. The normalized spacial score (nSPS) is 12.9. The van der Waals surface area contributed by atoms with E-state index in [0.717, 1.165) is 27.3 Å². The van der Waals surface area contributed by atoms with Crippen LogP contribution >= 0.6 is 0 Å². The Hall–Kier alpha value is -2.78. The lowest BCUT2D eigenvalue weighted by molar-refractivity contribution is -0.0892. The fourth-order valence-electron chi connectivity index (χ4n) is 2.71. The molecule has 0 aromatic carbocycles. The van der Waals surface area contributed by atoms with Crippen LogP contribution in [0.1, 0.15) is 26.5 Å². The van der Waals surface area contributed by atoms with E-state index in [1.807, 2.05) is 0 Å². The van der Waals surface area contributed by atoms with Crippen LogP contribution in [0.5, 0.6) is 0 Å². The third-order valence-electron chi connectivity index (χ3n) is 3.74. The number of carbonyl (C=O) groups excluding carboxylic acids is 2. The van der Waals surface area contributed by atoms with Crippen LogP contribution < -0.4 is 0 Å². The predicted octanol–water partition coefficient (Wildman–Crippen LogP) is 3.99. The van der Waals surface area contributed by atoms with Gasteiger partial charge >= 0.3 is 12.4 Å². The van der Waals surface area contributed by atoms with Gasteiger partial charge in [0.1, 0.15) is 5.69 Å². The van der Waals surface area contributed by atoms with Crippen LogP contribution in [-0.2, 0) is 0 Å². The molecule has 3 aromatic rings. The number of aromatic nitrogens is 2. The van der Waals surface area contributed by atoms with Crippen molar-refractivity contribution in [3.8, 4) is 0 Å². The van der Waals surface area contributed by atoms with Crippen molar-refractivity contribution in [3.05, 3.63) is 47.5 Å². The van der Waals surface area contributed by atoms with E-state index in [2.05, 4.69) is 0 Å². The number of ketones is 2. The van der Waals surface area contributed by atoms with Crippen molar-refractivity contribution in [2.45, 2.75) is 19.3 Å². The van der Waals surface area contributed by atoms with E-state index in [9.17, 15) is 35.9 Å². The Balaban J connectivity index is 2.27. The molecule has 0 aliphatic carbocycles. The van der Waals surface area contributed by atoms with Gasteiger partial charge in [0.15, 0.2) is 0 Å². The lowest BCUT2D eigenvalue weighted by Crippen LogP contribution is -2.25. The monoisotopic (exact) mass is 362 g/mol. The lowest BCUT2D eigenvalue weighted by Gasteiger charge is -2.09. The molecule has 0 radical (unpaired) electrons. The Bertz CT molecular complexity index is 1020. The van der Waals surface area contributed by atoms with Crippen LogP contribution in [0.2, 0.25) is 0 Å². The highest BCUT2D eigenvalue weighted by Gasteiger charge is 2.42. The highest BCUT2D eigenvalue weighted by Crippen LogP contribution is 2.29. The van der Waals surface area contributed by atoms with Crippen molar-refractivity contribution in [2.75, 3.05) is 0 Å². The number of hydrogen-bond acceptors (Lipinski definition) is 2. The van der Waals surface area contributed by atoms with Crippen LogP contribution in [0.3, 0.4) is 0 Å². The van der Waals surface area contributed by atoms with E-state index < -0.39 is 35.3 Å². The average molecular weight is 362 g/mol. The Morgan fingerprint density at radius 1 is 0.840 bits per heavy atom. The summed E-state index contributed by atoms with van der Waals surface area (Å²) >= 11 is 0. The lowest BCUT2D eigenvalue weighted by atomic mass is 10.2. The Kier molecular flexibility index (Phi) is 3.48. The molecule has 3 heterocycles. The molecule has 0 saturated carbocycles. The quantitative estimate of drug-likeness (QED) is 0.511. The first-order valence-electron chi connectivity index (χ1n) is 6.77. The van der Waals surface area contributed by atoms with Crippen molar-refractivity contribution in [1.82, 2.24) is 8.80 Å². The standard InChI is InChI=1S/C15H8F6N2O2/c1-7-6-10-8-2-3-9(12(24)14(16,17)18)22(8)4-5-23(10)11(7)13(25)15(19,20)21/h2-6H,1H3. The molecule has 0 unspecified atom stereocenters. The van der Waals surface area contributed by atoms with Crippen LogP contribution in [0.25, 0.3) is 11.0 Å². The van der Waals surface area contributed by atoms with Gasteiger partial charge in [-0.05, 0) is 30.7 Å². The van der Waals surface area contributed by atoms with Gasteiger partial charge in [-0.1, -0.05) is 0 Å². The van der Waals surface area contributed by atoms with E-state index in [1.54, 1.807) is 0 Å². The van der Waals surface area contributed by atoms with Gasteiger partial charge in [-0.2, -0.15) is 26.3 Å². The van der Waals surface area contributed by atoms with Crippen molar-refractivity contribution < 1.29 is 35.9 Å². The summed E-state index contributed by atoms with van der Waals surface area (Å²) in [6.07, 6.45) is -8.16. The van der Waals surface area contributed by atoms with Crippen LogP contribution in [0, 0.1) is 6.92 Å². The highest BCUT2D eigenvalue weighted by atomic mass is 19.4. The molecule has 0 fully saturated rings. The third kappa shape index (κ3) is 2.57. The number of aryl methyl sites for hydroxylation is 1. The topological polar surface area (TPSA) is 43.0 Å². The Morgan fingerprint density at radius 3 is 1.96 bits per heavy atom. The third-order valence-corrected chi connectivity index (χ3v) is 3.74. The first-order valence-corrected chi connectivity index (χ1v) is 6.77. The number of carbonyl (C=O) groups is 2. The second kappa shape index (κ2) is 5.11. The minimum absolute atomic E-state index is 0.0142. The van der Waals surface area contributed by atoms with Gasteiger partial charge in [0.2, 0.25) is 0 Å². The molecule has 0 saturated heterocycles. The average Bonchev–Trinajstić information content (AvgIpc) is 3.03. The van der Waals surface area contributed by atoms with E-state index in [1.165, 1.54) is 19.1 Å². The maximum atomic E-state index is 12.7. The summed E-state index contributed by atoms with van der Waals surface area (Å²) in [7, 11) is 0. The van der Waals surface area contributed by atoms with Crippen LogP contribution in [0.15, 0.2) is 30.6 Å². The molecule has 3 aromatic heterocycles. The summed E-state index contributed by atoms with van der Waals surface area (Å²) in [6, 6.07) is 3.35. The van der Waals surface area contributed by atoms with E-state index in [0.29, 0.717) is 0 Å². The van der Waals surface area contributed by atoms with Gasteiger partial charge in [0.05, 0.1) is 16.7 Å². The highest BCUT2D eigenvalue weighted by molar-refractivity contribution is 6.03. The minimum atomic E-state index is -5.09. The van der Waals surface area contributed by atoms with Gasteiger partial charge in [0, 0.05) is 12.4 Å². The molecular formula is C15H8F6N2O2. The second-order valence-electron chi connectivity index (χ2n) is 5.36. The summed E-state index contributed by atoms with van der Waals surface area (Å²) < 4.78 is 77.9. The molecule has 3 rings (SSSR count). The number of alkyl halides is 6. The zero-order valence-electron chi connectivity index (χ0n) is 12.4. The minimum Gasteiger partial charge on any atom is -0.310 e. The molecule has 0 bridgehead atoms. The number of rotatable bonds is 2. The molecule has 0 aliphatic heterocycles. The molecule has 4 nitrogen and oxygen atoms in total. The van der Waals surface area contributed by atoms with E-state index >= 15 is 0 Å². The Labute approximate surface area is 135 Å². The largest absolute Gasteiger partial charge is 0.456 e. The second-order valence-corrected chi connectivity index (χ2v) is 5.36. The van der Waals surface area contributed by atoms with Gasteiger partial charge in [0.25, 0.3) is 11.6 Å². The molecule has 0 atom stereocenters. The molecular weight excluding hydrogens is 354 g/mol. The number of fused-ring (bicyclic) bond motifs is 3. The first kappa shape index (κ1) is 17.1. The molecule has 0 amide bonds. The van der Waals surface area contributed by atoms with Crippen molar-refractivity contribution >= 4 is 22.6 Å².